The van der Waals surface area contributed by atoms with Gasteiger partial charge < -0.3 is 19.7 Å². The monoisotopic (exact) mass is 386 g/mol. The van der Waals surface area contributed by atoms with Crippen molar-refractivity contribution in [3.05, 3.63) is 59.4 Å². The Balaban J connectivity index is 1.62. The van der Waals surface area contributed by atoms with E-state index in [0.29, 0.717) is 26.2 Å². The molecule has 0 saturated carbocycles. The van der Waals surface area contributed by atoms with Crippen LogP contribution in [-0.4, -0.2) is 44.7 Å². The van der Waals surface area contributed by atoms with Gasteiger partial charge in [0.15, 0.2) is 0 Å². The molecule has 6 heteroatoms. The van der Waals surface area contributed by atoms with Crippen LogP contribution in [0.2, 0.25) is 0 Å². The maximum absolute atomic E-state index is 13.2. The number of nitrogens with zero attached hydrogens (tertiary/aromatic N) is 1. The van der Waals surface area contributed by atoms with Crippen LogP contribution in [0.25, 0.3) is 0 Å². The average molecular weight is 386 g/mol. The molecule has 1 aliphatic rings. The SMILES string of the molecule is CCOc1ccc2c(c1)CC(C(=O)NCC(c1ccc(F)cc1)N(C)C)CO2. The first-order chi connectivity index (χ1) is 13.5. The number of carbonyl (C=O) groups is 1. The van der Waals surface area contributed by atoms with Gasteiger partial charge in [0.25, 0.3) is 0 Å². The predicted octanol–water partition coefficient (Wildman–Crippen LogP) is 3.19. The van der Waals surface area contributed by atoms with E-state index in [1.165, 1.54) is 12.1 Å². The number of carbonyl (C=O) groups excluding carboxylic acids is 1. The molecule has 0 saturated heterocycles. The molecule has 2 aromatic rings. The quantitative estimate of drug-likeness (QED) is 0.794. The number of rotatable bonds is 7. The molecular weight excluding hydrogens is 359 g/mol. The number of ether oxygens (including phenoxy) is 2. The molecule has 2 unspecified atom stereocenters. The van der Waals surface area contributed by atoms with E-state index in [1.807, 2.05) is 44.1 Å². The molecule has 1 N–H and O–H groups in total. The van der Waals surface area contributed by atoms with Crippen molar-refractivity contribution in [2.75, 3.05) is 33.9 Å². The fourth-order valence-electron chi connectivity index (χ4n) is 3.42. The van der Waals surface area contributed by atoms with Crippen LogP contribution in [-0.2, 0) is 11.2 Å². The first-order valence-electron chi connectivity index (χ1n) is 9.56. The molecule has 0 radical (unpaired) electrons. The van der Waals surface area contributed by atoms with Crippen molar-refractivity contribution < 1.29 is 18.7 Å². The summed E-state index contributed by atoms with van der Waals surface area (Å²) in [7, 11) is 3.88. The van der Waals surface area contributed by atoms with Gasteiger partial charge in [0.05, 0.1) is 18.6 Å². The number of likely N-dealkylation sites (N-methyl/N-ethyl adjacent to an activating group) is 1. The van der Waals surface area contributed by atoms with E-state index in [2.05, 4.69) is 5.32 Å². The van der Waals surface area contributed by atoms with Crippen molar-refractivity contribution in [1.82, 2.24) is 10.2 Å². The highest BCUT2D eigenvalue weighted by Crippen LogP contribution is 2.31. The first kappa shape index (κ1) is 20.1. The zero-order valence-corrected chi connectivity index (χ0v) is 16.6. The molecule has 28 heavy (non-hydrogen) atoms. The van der Waals surface area contributed by atoms with Crippen LogP contribution in [0.3, 0.4) is 0 Å². The van der Waals surface area contributed by atoms with Crippen LogP contribution in [0.1, 0.15) is 24.1 Å². The molecule has 0 aromatic heterocycles. The molecule has 1 heterocycles. The zero-order chi connectivity index (χ0) is 20.1. The lowest BCUT2D eigenvalue weighted by atomic mass is 9.95. The number of hydrogen-bond donors (Lipinski definition) is 1. The summed E-state index contributed by atoms with van der Waals surface area (Å²) in [5.41, 5.74) is 1.94. The van der Waals surface area contributed by atoms with Crippen LogP contribution >= 0.6 is 0 Å². The Bertz CT molecular complexity index is 808. The Labute approximate surface area is 165 Å². The van der Waals surface area contributed by atoms with E-state index in [4.69, 9.17) is 9.47 Å². The van der Waals surface area contributed by atoms with Gasteiger partial charge in [-0.2, -0.15) is 0 Å². The summed E-state index contributed by atoms with van der Waals surface area (Å²) < 4.78 is 24.5. The summed E-state index contributed by atoms with van der Waals surface area (Å²) in [6.07, 6.45) is 0.616. The fourth-order valence-corrected chi connectivity index (χ4v) is 3.42. The molecule has 5 nitrogen and oxygen atoms in total. The van der Waals surface area contributed by atoms with Crippen molar-refractivity contribution in [3.8, 4) is 11.5 Å². The zero-order valence-electron chi connectivity index (χ0n) is 16.6. The predicted molar refractivity (Wildman–Crippen MR) is 106 cm³/mol. The largest absolute Gasteiger partial charge is 0.494 e. The van der Waals surface area contributed by atoms with E-state index in [1.54, 1.807) is 12.1 Å². The Hall–Kier alpha value is -2.60. The third-order valence-electron chi connectivity index (χ3n) is 4.97. The Morgan fingerprint density at radius 2 is 2.04 bits per heavy atom. The van der Waals surface area contributed by atoms with E-state index in [9.17, 15) is 9.18 Å². The summed E-state index contributed by atoms with van der Waals surface area (Å²) >= 11 is 0. The summed E-state index contributed by atoms with van der Waals surface area (Å²) in [5, 5.41) is 3.03. The molecule has 2 atom stereocenters. The third-order valence-corrected chi connectivity index (χ3v) is 4.97. The van der Waals surface area contributed by atoms with E-state index >= 15 is 0 Å². The minimum Gasteiger partial charge on any atom is -0.494 e. The van der Waals surface area contributed by atoms with Crippen LogP contribution in [0.4, 0.5) is 4.39 Å². The third kappa shape index (κ3) is 4.81. The van der Waals surface area contributed by atoms with Gasteiger partial charge in [-0.3, -0.25) is 4.79 Å². The second-order valence-corrected chi connectivity index (χ2v) is 7.19. The summed E-state index contributed by atoms with van der Waals surface area (Å²) in [4.78, 5) is 14.7. The minimum absolute atomic E-state index is 0.0362. The molecule has 0 spiro atoms. The van der Waals surface area contributed by atoms with Gasteiger partial charge in [-0.1, -0.05) is 12.1 Å². The highest BCUT2D eigenvalue weighted by molar-refractivity contribution is 5.79. The van der Waals surface area contributed by atoms with Gasteiger partial charge in [-0.15, -0.1) is 0 Å². The van der Waals surface area contributed by atoms with Crippen molar-refractivity contribution in [3.63, 3.8) is 0 Å². The smallest absolute Gasteiger partial charge is 0.226 e. The molecular formula is C22H27FN2O3. The lowest BCUT2D eigenvalue weighted by Crippen LogP contribution is -2.41. The van der Waals surface area contributed by atoms with Crippen molar-refractivity contribution in [1.29, 1.82) is 0 Å². The summed E-state index contributed by atoms with van der Waals surface area (Å²) in [6.45, 7) is 3.34. The molecule has 0 bridgehead atoms. The van der Waals surface area contributed by atoms with E-state index in [-0.39, 0.29) is 23.7 Å². The second kappa shape index (κ2) is 9.06. The maximum Gasteiger partial charge on any atom is 0.226 e. The van der Waals surface area contributed by atoms with Crippen molar-refractivity contribution in [2.24, 2.45) is 5.92 Å². The van der Waals surface area contributed by atoms with E-state index in [0.717, 1.165) is 22.6 Å². The van der Waals surface area contributed by atoms with Gasteiger partial charge in [-0.25, -0.2) is 4.39 Å². The van der Waals surface area contributed by atoms with Crippen LogP contribution in [0, 0.1) is 11.7 Å². The fraction of sp³-hybridized carbons (Fsp3) is 0.409. The maximum atomic E-state index is 13.2. The van der Waals surface area contributed by atoms with Crippen molar-refractivity contribution in [2.45, 2.75) is 19.4 Å². The van der Waals surface area contributed by atoms with Crippen LogP contribution in [0.5, 0.6) is 11.5 Å². The molecule has 3 rings (SSSR count). The summed E-state index contributed by atoms with van der Waals surface area (Å²) in [6, 6.07) is 12.1. The number of halogens is 1. The molecule has 1 amide bonds. The topological polar surface area (TPSA) is 50.8 Å². The van der Waals surface area contributed by atoms with Crippen molar-refractivity contribution >= 4 is 5.91 Å². The average Bonchev–Trinajstić information content (AvgIpc) is 2.68. The first-order valence-corrected chi connectivity index (χ1v) is 9.56. The lowest BCUT2D eigenvalue weighted by Gasteiger charge is -2.28. The highest BCUT2D eigenvalue weighted by atomic mass is 19.1. The number of amides is 1. The molecule has 150 valence electrons. The van der Waals surface area contributed by atoms with Gasteiger partial charge in [0, 0.05) is 6.54 Å². The van der Waals surface area contributed by atoms with Crippen LogP contribution in [0.15, 0.2) is 42.5 Å². The normalized spacial score (nSPS) is 16.8. The molecule has 2 aromatic carbocycles. The van der Waals surface area contributed by atoms with Gasteiger partial charge in [-0.05, 0) is 68.9 Å². The molecule has 0 aliphatic carbocycles. The Morgan fingerprint density at radius 1 is 1.29 bits per heavy atom. The van der Waals surface area contributed by atoms with Gasteiger partial charge in [0.2, 0.25) is 5.91 Å². The molecule has 1 aliphatic heterocycles. The van der Waals surface area contributed by atoms with Crippen LogP contribution < -0.4 is 14.8 Å². The second-order valence-electron chi connectivity index (χ2n) is 7.19. The van der Waals surface area contributed by atoms with Gasteiger partial charge in [0.1, 0.15) is 23.9 Å². The minimum atomic E-state index is -0.269. The number of nitrogens with one attached hydrogen (secondary N) is 1. The molecule has 0 fully saturated rings. The lowest BCUT2D eigenvalue weighted by molar-refractivity contribution is -0.126. The Kier molecular flexibility index (Phi) is 6.52. The Morgan fingerprint density at radius 3 is 2.71 bits per heavy atom. The number of hydrogen-bond acceptors (Lipinski definition) is 4. The standard InChI is InChI=1S/C22H27FN2O3/c1-4-27-19-9-10-21-16(12-19)11-17(14-28-21)22(26)24-13-20(25(2)3)15-5-7-18(23)8-6-15/h5-10,12,17,20H,4,11,13-14H2,1-3H3,(H,24,26). The van der Waals surface area contributed by atoms with Gasteiger partial charge >= 0.3 is 0 Å². The highest BCUT2D eigenvalue weighted by Gasteiger charge is 2.27. The summed E-state index contributed by atoms with van der Waals surface area (Å²) in [5.74, 6) is 1.04. The van der Waals surface area contributed by atoms with E-state index < -0.39 is 0 Å². The number of fused-ring (bicyclic) bond motifs is 1. The number of benzene rings is 2.